The first-order valence-electron chi connectivity index (χ1n) is 12.8. The summed E-state index contributed by atoms with van der Waals surface area (Å²) in [7, 11) is 0. The largest absolute Gasteiger partial charge is 0.444 e. The Labute approximate surface area is 227 Å². The molecule has 1 aliphatic rings. The number of benzene rings is 3. The van der Waals surface area contributed by atoms with Gasteiger partial charge in [-0.3, -0.25) is 9.69 Å². The van der Waals surface area contributed by atoms with E-state index in [0.29, 0.717) is 18.7 Å². The summed E-state index contributed by atoms with van der Waals surface area (Å²) < 4.78 is 6.62. The smallest absolute Gasteiger partial charge is 0.410 e. The van der Waals surface area contributed by atoms with Gasteiger partial charge in [0.25, 0.3) is 5.91 Å². The molecule has 0 bridgehead atoms. The number of carbonyl (C=O) groups excluding carboxylic acids is 2. The average molecular weight is 529 g/mol. The lowest BCUT2D eigenvalue weighted by molar-refractivity contribution is 0.0139. The molecule has 1 aromatic heterocycles. The van der Waals surface area contributed by atoms with Crippen LogP contribution in [0.3, 0.4) is 0 Å². The predicted octanol–water partition coefficient (Wildman–Crippen LogP) is 6.27. The van der Waals surface area contributed by atoms with Crippen LogP contribution in [0.25, 0.3) is 20.8 Å². The first kappa shape index (κ1) is 25.9. The summed E-state index contributed by atoms with van der Waals surface area (Å²) in [6.07, 6.45) is -0.240. The summed E-state index contributed by atoms with van der Waals surface area (Å²) in [5, 5.41) is 3.91. The van der Waals surface area contributed by atoms with Gasteiger partial charge in [0.2, 0.25) is 0 Å². The van der Waals surface area contributed by atoms with Gasteiger partial charge in [0.05, 0.1) is 15.9 Å². The second kappa shape index (κ2) is 10.9. The van der Waals surface area contributed by atoms with Gasteiger partial charge in [0.1, 0.15) is 10.6 Å². The quantitative estimate of drug-likeness (QED) is 0.331. The van der Waals surface area contributed by atoms with Crippen molar-refractivity contribution in [2.75, 3.05) is 31.5 Å². The number of hydrogen-bond acceptors (Lipinski definition) is 6. The number of para-hydroxylation sites is 1. The van der Waals surface area contributed by atoms with Crippen LogP contribution in [-0.2, 0) is 11.3 Å². The number of nitrogens with one attached hydrogen (secondary N) is 1. The molecule has 1 saturated heterocycles. The van der Waals surface area contributed by atoms with Crippen molar-refractivity contribution in [3.8, 4) is 10.6 Å². The maximum atomic E-state index is 12.8. The number of amides is 2. The van der Waals surface area contributed by atoms with E-state index >= 15 is 0 Å². The molecule has 0 spiro atoms. The van der Waals surface area contributed by atoms with Crippen LogP contribution in [0.15, 0.2) is 72.8 Å². The number of hydrogen-bond donors (Lipinski definition) is 1. The van der Waals surface area contributed by atoms with Gasteiger partial charge in [-0.2, -0.15) is 0 Å². The van der Waals surface area contributed by atoms with E-state index in [1.54, 1.807) is 28.4 Å². The molecule has 196 valence electrons. The minimum Gasteiger partial charge on any atom is -0.444 e. The minimum absolute atomic E-state index is 0.145. The van der Waals surface area contributed by atoms with Crippen LogP contribution in [0.4, 0.5) is 10.5 Å². The van der Waals surface area contributed by atoms with Gasteiger partial charge in [-0.25, -0.2) is 9.78 Å². The van der Waals surface area contributed by atoms with Gasteiger partial charge in [-0.1, -0.05) is 36.4 Å². The van der Waals surface area contributed by atoms with E-state index in [4.69, 9.17) is 9.72 Å². The van der Waals surface area contributed by atoms with Crippen molar-refractivity contribution in [1.82, 2.24) is 14.8 Å². The third-order valence-electron chi connectivity index (χ3n) is 6.32. The molecule has 0 aliphatic carbocycles. The summed E-state index contributed by atoms with van der Waals surface area (Å²) in [6, 6.07) is 23.4. The second-order valence-electron chi connectivity index (χ2n) is 10.4. The standard InChI is InChI=1S/C30H32N4O3S/c1-30(2,3)37-29(36)34-17-15-33(16-18-34)20-21-13-14-25-26(19-21)38-28(32-25)23-11-7-8-12-24(23)31-27(35)22-9-5-4-6-10-22/h4-14,19H,15-18,20H2,1-3H3,(H,31,35). The summed E-state index contributed by atoms with van der Waals surface area (Å²) in [6.45, 7) is 9.42. The summed E-state index contributed by atoms with van der Waals surface area (Å²) in [4.78, 5) is 34.1. The van der Waals surface area contributed by atoms with E-state index < -0.39 is 5.60 Å². The lowest BCUT2D eigenvalue weighted by atomic mass is 10.1. The van der Waals surface area contributed by atoms with Gasteiger partial charge in [0, 0.05) is 43.9 Å². The molecule has 4 aromatic rings. The fourth-order valence-electron chi connectivity index (χ4n) is 4.42. The Morgan fingerprint density at radius 3 is 2.39 bits per heavy atom. The second-order valence-corrected chi connectivity index (χ2v) is 11.5. The van der Waals surface area contributed by atoms with E-state index in [1.165, 1.54) is 5.56 Å². The highest BCUT2D eigenvalue weighted by atomic mass is 32.1. The molecule has 0 unspecified atom stereocenters. The summed E-state index contributed by atoms with van der Waals surface area (Å²) in [5.74, 6) is -0.145. The third kappa shape index (κ3) is 6.20. The Balaban J connectivity index is 1.27. The Bertz CT molecular complexity index is 1440. The van der Waals surface area contributed by atoms with Gasteiger partial charge in [-0.05, 0) is 62.7 Å². The third-order valence-corrected chi connectivity index (χ3v) is 7.38. The Morgan fingerprint density at radius 1 is 0.947 bits per heavy atom. The highest BCUT2D eigenvalue weighted by molar-refractivity contribution is 7.21. The Kier molecular flexibility index (Phi) is 7.44. The Hall–Kier alpha value is -3.75. The van der Waals surface area contributed by atoms with Crippen molar-refractivity contribution in [1.29, 1.82) is 0 Å². The molecule has 0 atom stereocenters. The molecule has 2 amide bonds. The number of rotatable bonds is 5. The first-order chi connectivity index (χ1) is 18.2. The number of aromatic nitrogens is 1. The maximum absolute atomic E-state index is 12.8. The minimum atomic E-state index is -0.481. The van der Waals surface area contributed by atoms with Crippen molar-refractivity contribution in [3.63, 3.8) is 0 Å². The molecular weight excluding hydrogens is 496 g/mol. The zero-order valence-electron chi connectivity index (χ0n) is 21.9. The van der Waals surface area contributed by atoms with Gasteiger partial charge in [-0.15, -0.1) is 11.3 Å². The molecule has 7 nitrogen and oxygen atoms in total. The van der Waals surface area contributed by atoms with E-state index in [1.807, 2.05) is 63.2 Å². The van der Waals surface area contributed by atoms with E-state index in [9.17, 15) is 9.59 Å². The van der Waals surface area contributed by atoms with E-state index in [2.05, 4.69) is 28.4 Å². The van der Waals surface area contributed by atoms with Crippen LogP contribution in [0.2, 0.25) is 0 Å². The van der Waals surface area contributed by atoms with Crippen LogP contribution in [0, 0.1) is 0 Å². The van der Waals surface area contributed by atoms with Gasteiger partial charge >= 0.3 is 6.09 Å². The number of ether oxygens (including phenoxy) is 1. The molecule has 5 rings (SSSR count). The molecule has 1 aliphatic heterocycles. The van der Waals surface area contributed by atoms with Crippen molar-refractivity contribution in [2.45, 2.75) is 32.9 Å². The van der Waals surface area contributed by atoms with Gasteiger partial charge < -0.3 is 15.0 Å². The van der Waals surface area contributed by atoms with Crippen LogP contribution >= 0.6 is 11.3 Å². The number of fused-ring (bicyclic) bond motifs is 1. The molecule has 0 radical (unpaired) electrons. The lowest BCUT2D eigenvalue weighted by Crippen LogP contribution is -2.49. The molecule has 8 heteroatoms. The normalized spacial score (nSPS) is 14.4. The fourth-order valence-corrected chi connectivity index (χ4v) is 5.49. The molecule has 2 heterocycles. The number of nitrogens with zero attached hydrogens (tertiary/aromatic N) is 3. The molecular formula is C30H32N4O3S. The fraction of sp³-hybridized carbons (Fsp3) is 0.300. The number of anilines is 1. The summed E-state index contributed by atoms with van der Waals surface area (Å²) in [5.41, 5.74) is 3.92. The van der Waals surface area contributed by atoms with Crippen LogP contribution in [0.5, 0.6) is 0 Å². The zero-order valence-corrected chi connectivity index (χ0v) is 22.8. The number of carbonyl (C=O) groups is 2. The van der Waals surface area contributed by atoms with Crippen molar-refractivity contribution < 1.29 is 14.3 Å². The van der Waals surface area contributed by atoms with Crippen LogP contribution in [-0.4, -0.2) is 58.6 Å². The highest BCUT2D eigenvalue weighted by Gasteiger charge is 2.26. The lowest BCUT2D eigenvalue weighted by Gasteiger charge is -2.35. The van der Waals surface area contributed by atoms with Crippen LogP contribution < -0.4 is 5.32 Å². The van der Waals surface area contributed by atoms with Crippen molar-refractivity contribution >= 4 is 39.2 Å². The zero-order chi connectivity index (χ0) is 26.7. The number of piperazine rings is 1. The topological polar surface area (TPSA) is 74.8 Å². The molecule has 3 aromatic carbocycles. The molecule has 1 fully saturated rings. The SMILES string of the molecule is CC(C)(C)OC(=O)N1CCN(Cc2ccc3nc(-c4ccccc4NC(=O)c4ccccc4)sc3c2)CC1. The van der Waals surface area contributed by atoms with Crippen LogP contribution in [0.1, 0.15) is 36.7 Å². The molecule has 1 N–H and O–H groups in total. The van der Waals surface area contributed by atoms with Gasteiger partial charge in [0.15, 0.2) is 0 Å². The van der Waals surface area contributed by atoms with E-state index in [0.717, 1.165) is 46.1 Å². The molecule has 0 saturated carbocycles. The average Bonchev–Trinajstić information content (AvgIpc) is 3.32. The number of thiazole rings is 1. The first-order valence-corrected chi connectivity index (χ1v) is 13.6. The highest BCUT2D eigenvalue weighted by Crippen LogP contribution is 2.35. The summed E-state index contributed by atoms with van der Waals surface area (Å²) >= 11 is 1.62. The Morgan fingerprint density at radius 2 is 1.66 bits per heavy atom. The molecule has 38 heavy (non-hydrogen) atoms. The maximum Gasteiger partial charge on any atom is 0.410 e. The van der Waals surface area contributed by atoms with E-state index in [-0.39, 0.29) is 12.0 Å². The van der Waals surface area contributed by atoms with Crippen molar-refractivity contribution in [2.24, 2.45) is 0 Å². The monoisotopic (exact) mass is 528 g/mol. The predicted molar refractivity (Wildman–Crippen MR) is 153 cm³/mol. The van der Waals surface area contributed by atoms with Crippen molar-refractivity contribution in [3.05, 3.63) is 83.9 Å².